The third-order valence-corrected chi connectivity index (χ3v) is 5.51. The van der Waals surface area contributed by atoms with E-state index in [1.165, 1.54) is 0 Å². The average Bonchev–Trinajstić information content (AvgIpc) is 2.70. The number of methoxy groups -OCH3 is 1. The van der Waals surface area contributed by atoms with E-state index in [2.05, 4.69) is 27.5 Å². The van der Waals surface area contributed by atoms with Gasteiger partial charge in [0, 0.05) is 28.9 Å². The fraction of sp³-hybridized carbons (Fsp3) is 0.261. The zero-order valence-corrected chi connectivity index (χ0v) is 17.9. The highest BCUT2D eigenvalue weighted by molar-refractivity contribution is 6.31. The quantitative estimate of drug-likeness (QED) is 0.549. The molecule has 2 aromatic carbocycles. The Balaban J connectivity index is 1.74. The van der Waals surface area contributed by atoms with Crippen molar-refractivity contribution in [3.63, 3.8) is 0 Å². The minimum atomic E-state index is 0.0531. The number of aryl methyl sites for hydroxylation is 1. The molecule has 154 valence electrons. The van der Waals surface area contributed by atoms with E-state index in [-0.39, 0.29) is 11.7 Å². The minimum Gasteiger partial charge on any atom is -0.497 e. The Bertz CT molecular complexity index is 1120. The molecule has 0 radical (unpaired) electrons. The molecule has 1 heterocycles. The van der Waals surface area contributed by atoms with Crippen LogP contribution in [0.2, 0.25) is 5.02 Å². The maximum absolute atomic E-state index is 12.8. The maximum atomic E-state index is 12.8. The molecule has 1 unspecified atom stereocenters. The highest BCUT2D eigenvalue weighted by Crippen LogP contribution is 2.33. The van der Waals surface area contributed by atoms with Crippen LogP contribution < -0.4 is 15.4 Å². The molecule has 4 rings (SSSR count). The average molecular weight is 423 g/mol. The van der Waals surface area contributed by atoms with E-state index in [9.17, 15) is 4.79 Å². The monoisotopic (exact) mass is 422 g/mol. The number of anilines is 4. The van der Waals surface area contributed by atoms with Crippen LogP contribution in [0.1, 0.15) is 35.0 Å². The van der Waals surface area contributed by atoms with Gasteiger partial charge in [0.05, 0.1) is 18.4 Å². The van der Waals surface area contributed by atoms with Gasteiger partial charge in [0.1, 0.15) is 11.6 Å². The Morgan fingerprint density at radius 2 is 1.87 bits per heavy atom. The van der Waals surface area contributed by atoms with Crippen molar-refractivity contribution in [3.8, 4) is 5.75 Å². The van der Waals surface area contributed by atoms with Crippen molar-refractivity contribution in [1.29, 1.82) is 0 Å². The van der Waals surface area contributed by atoms with E-state index < -0.39 is 0 Å². The molecule has 0 saturated heterocycles. The van der Waals surface area contributed by atoms with Crippen molar-refractivity contribution < 1.29 is 9.53 Å². The van der Waals surface area contributed by atoms with Crippen LogP contribution in [0.3, 0.4) is 0 Å². The molecule has 1 aromatic heterocycles. The van der Waals surface area contributed by atoms with Crippen LogP contribution in [-0.4, -0.2) is 22.9 Å². The fourth-order valence-electron chi connectivity index (χ4n) is 3.55. The number of rotatable bonds is 5. The molecule has 1 atom stereocenters. The second-order valence-electron chi connectivity index (χ2n) is 7.60. The summed E-state index contributed by atoms with van der Waals surface area (Å²) in [5.41, 5.74) is 3.86. The second kappa shape index (κ2) is 8.32. The molecule has 0 bridgehead atoms. The van der Waals surface area contributed by atoms with E-state index in [0.717, 1.165) is 34.8 Å². The fourth-order valence-corrected chi connectivity index (χ4v) is 3.73. The van der Waals surface area contributed by atoms with Crippen LogP contribution in [0.15, 0.2) is 42.5 Å². The van der Waals surface area contributed by atoms with Crippen LogP contribution in [0.25, 0.3) is 0 Å². The van der Waals surface area contributed by atoms with E-state index in [0.29, 0.717) is 28.8 Å². The van der Waals surface area contributed by atoms with Crippen molar-refractivity contribution >= 4 is 40.5 Å². The topological polar surface area (TPSA) is 76.1 Å². The summed E-state index contributed by atoms with van der Waals surface area (Å²) in [5.74, 6) is 1.94. The van der Waals surface area contributed by atoms with E-state index in [4.69, 9.17) is 16.3 Å². The Labute approximate surface area is 180 Å². The van der Waals surface area contributed by atoms with Crippen LogP contribution in [0.4, 0.5) is 23.1 Å². The first-order valence-corrected chi connectivity index (χ1v) is 10.2. The van der Waals surface area contributed by atoms with Crippen LogP contribution in [0, 0.1) is 12.8 Å². The minimum absolute atomic E-state index is 0.0531. The predicted octanol–water partition coefficient (Wildman–Crippen LogP) is 5.70. The summed E-state index contributed by atoms with van der Waals surface area (Å²) in [6, 6.07) is 13.2. The van der Waals surface area contributed by atoms with Gasteiger partial charge >= 0.3 is 0 Å². The molecular formula is C23H23ClN4O2. The molecule has 2 N–H and O–H groups in total. The highest BCUT2D eigenvalue weighted by atomic mass is 35.5. The van der Waals surface area contributed by atoms with E-state index in [1.807, 2.05) is 49.4 Å². The number of fused-ring (bicyclic) bond motifs is 1. The van der Waals surface area contributed by atoms with Gasteiger partial charge in [-0.1, -0.05) is 30.7 Å². The maximum Gasteiger partial charge on any atom is 0.229 e. The Hall–Kier alpha value is -3.12. The van der Waals surface area contributed by atoms with Gasteiger partial charge in [0.15, 0.2) is 5.78 Å². The lowest BCUT2D eigenvalue weighted by molar-refractivity contribution is 0.0953. The van der Waals surface area contributed by atoms with Crippen LogP contribution >= 0.6 is 11.6 Å². The molecule has 3 aromatic rings. The first-order chi connectivity index (χ1) is 14.4. The summed E-state index contributed by atoms with van der Waals surface area (Å²) < 4.78 is 5.28. The standard InChI is InChI=1S/C23H23ClN4O2/c1-13-9-19-21(20(29)10-13)22(25-16-8-7-14(2)18(24)12-16)28-23(27-19)26-15-5-4-6-17(11-15)30-3/h4-8,11-13H,9-10H2,1-3H3,(H2,25,26,27,28). The number of aromatic nitrogens is 2. The molecule has 6 nitrogen and oxygen atoms in total. The van der Waals surface area contributed by atoms with E-state index in [1.54, 1.807) is 7.11 Å². The summed E-state index contributed by atoms with van der Waals surface area (Å²) in [7, 11) is 1.62. The van der Waals surface area contributed by atoms with Crippen LogP contribution in [-0.2, 0) is 6.42 Å². The van der Waals surface area contributed by atoms with Gasteiger partial charge in [0.25, 0.3) is 0 Å². The number of hydrogen-bond acceptors (Lipinski definition) is 6. The van der Waals surface area contributed by atoms with E-state index >= 15 is 0 Å². The van der Waals surface area contributed by atoms with Crippen molar-refractivity contribution in [2.45, 2.75) is 26.7 Å². The third-order valence-electron chi connectivity index (χ3n) is 5.10. The predicted molar refractivity (Wildman–Crippen MR) is 120 cm³/mol. The number of nitrogens with one attached hydrogen (secondary N) is 2. The number of hydrogen-bond donors (Lipinski definition) is 2. The number of nitrogens with zero attached hydrogens (tertiary/aromatic N) is 2. The Kier molecular flexibility index (Phi) is 5.59. The van der Waals surface area contributed by atoms with Crippen molar-refractivity contribution in [2.24, 2.45) is 5.92 Å². The molecule has 0 amide bonds. The molecule has 0 spiro atoms. The summed E-state index contributed by atoms with van der Waals surface area (Å²) in [6.07, 6.45) is 1.21. The number of benzene rings is 2. The number of halogens is 1. The Morgan fingerprint density at radius 3 is 2.63 bits per heavy atom. The molecule has 30 heavy (non-hydrogen) atoms. The van der Waals surface area contributed by atoms with Crippen LogP contribution in [0.5, 0.6) is 5.75 Å². The lowest BCUT2D eigenvalue weighted by Crippen LogP contribution is -2.22. The summed E-state index contributed by atoms with van der Waals surface area (Å²) in [6.45, 7) is 4.00. The molecule has 0 fully saturated rings. The van der Waals surface area contributed by atoms with Crippen molar-refractivity contribution in [3.05, 3.63) is 64.3 Å². The number of carbonyl (C=O) groups excluding carboxylic acids is 1. The molecule has 1 aliphatic rings. The lowest BCUT2D eigenvalue weighted by Gasteiger charge is -2.23. The summed E-state index contributed by atoms with van der Waals surface area (Å²) in [5, 5.41) is 7.15. The molecule has 0 aliphatic heterocycles. The first-order valence-electron chi connectivity index (χ1n) is 9.81. The largest absolute Gasteiger partial charge is 0.497 e. The number of ketones is 1. The Morgan fingerprint density at radius 1 is 1.07 bits per heavy atom. The SMILES string of the molecule is COc1cccc(Nc2nc3c(c(Nc4ccc(C)c(Cl)c4)n2)C(=O)CC(C)C3)c1. The lowest BCUT2D eigenvalue weighted by atomic mass is 9.87. The second-order valence-corrected chi connectivity index (χ2v) is 8.01. The zero-order valence-electron chi connectivity index (χ0n) is 17.1. The smallest absolute Gasteiger partial charge is 0.229 e. The van der Waals surface area contributed by atoms with Gasteiger partial charge < -0.3 is 15.4 Å². The van der Waals surface area contributed by atoms with Crippen molar-refractivity contribution in [2.75, 3.05) is 17.7 Å². The van der Waals surface area contributed by atoms with Gasteiger partial charge in [-0.05, 0) is 49.1 Å². The molecule has 1 aliphatic carbocycles. The van der Waals surface area contributed by atoms with Crippen molar-refractivity contribution in [1.82, 2.24) is 9.97 Å². The number of Topliss-reactive ketones (excluding diaryl/α,β-unsaturated/α-hetero) is 1. The van der Waals surface area contributed by atoms with Gasteiger partial charge in [-0.3, -0.25) is 4.79 Å². The first kappa shape index (κ1) is 20.2. The zero-order chi connectivity index (χ0) is 21.3. The molecule has 7 heteroatoms. The molecule has 0 saturated carbocycles. The summed E-state index contributed by atoms with van der Waals surface area (Å²) in [4.78, 5) is 22.1. The summed E-state index contributed by atoms with van der Waals surface area (Å²) >= 11 is 6.27. The molecular weight excluding hydrogens is 400 g/mol. The number of carbonyl (C=O) groups is 1. The number of ether oxygens (including phenoxy) is 1. The van der Waals surface area contributed by atoms with Gasteiger partial charge in [-0.2, -0.15) is 4.98 Å². The normalized spacial score (nSPS) is 15.5. The highest BCUT2D eigenvalue weighted by Gasteiger charge is 2.28. The van der Waals surface area contributed by atoms with Gasteiger partial charge in [-0.25, -0.2) is 4.98 Å². The third kappa shape index (κ3) is 4.24. The van der Waals surface area contributed by atoms with Gasteiger partial charge in [0.2, 0.25) is 5.95 Å². The van der Waals surface area contributed by atoms with Gasteiger partial charge in [-0.15, -0.1) is 0 Å².